The lowest BCUT2D eigenvalue weighted by atomic mass is 9.81. The molecule has 2 rings (SSSR count). The maximum absolute atomic E-state index is 12.7. The summed E-state index contributed by atoms with van der Waals surface area (Å²) in [6.07, 6.45) is 3.64. The van der Waals surface area contributed by atoms with E-state index in [0.29, 0.717) is 32.7 Å². The van der Waals surface area contributed by atoms with Crippen molar-refractivity contribution in [3.8, 4) is 0 Å². The largest absolute Gasteiger partial charge is 0.339 e. The highest BCUT2D eigenvalue weighted by molar-refractivity contribution is 5.84. The van der Waals surface area contributed by atoms with Gasteiger partial charge >= 0.3 is 0 Å². The Kier molecular flexibility index (Phi) is 4.68. The summed E-state index contributed by atoms with van der Waals surface area (Å²) in [4.78, 5) is 28.5. The van der Waals surface area contributed by atoms with E-state index in [1.54, 1.807) is 0 Å². The summed E-state index contributed by atoms with van der Waals surface area (Å²) >= 11 is 0. The average molecular weight is 281 g/mol. The van der Waals surface area contributed by atoms with E-state index >= 15 is 0 Å². The lowest BCUT2D eigenvalue weighted by Gasteiger charge is -2.40. The molecule has 2 fully saturated rings. The van der Waals surface area contributed by atoms with E-state index in [1.807, 2.05) is 23.6 Å². The van der Waals surface area contributed by atoms with E-state index in [1.165, 1.54) is 0 Å². The van der Waals surface area contributed by atoms with Gasteiger partial charge < -0.3 is 15.5 Å². The molecule has 20 heavy (non-hydrogen) atoms. The smallest absolute Gasteiger partial charge is 0.230 e. The number of carbonyl (C=O) groups is 2. The monoisotopic (exact) mass is 281 g/mol. The van der Waals surface area contributed by atoms with Crippen LogP contribution in [-0.2, 0) is 9.59 Å². The zero-order valence-corrected chi connectivity index (χ0v) is 12.7. The van der Waals surface area contributed by atoms with Crippen molar-refractivity contribution in [2.75, 3.05) is 32.7 Å². The van der Waals surface area contributed by atoms with Crippen molar-refractivity contribution in [1.29, 1.82) is 0 Å². The minimum Gasteiger partial charge on any atom is -0.339 e. The van der Waals surface area contributed by atoms with Gasteiger partial charge in [0.1, 0.15) is 0 Å². The summed E-state index contributed by atoms with van der Waals surface area (Å²) in [5.41, 5.74) is 5.43. The first-order chi connectivity index (χ1) is 9.57. The van der Waals surface area contributed by atoms with Crippen molar-refractivity contribution in [2.45, 2.75) is 39.5 Å². The van der Waals surface area contributed by atoms with Gasteiger partial charge in [-0.2, -0.15) is 0 Å². The zero-order chi connectivity index (χ0) is 14.8. The number of nitrogens with zero attached hydrogens (tertiary/aromatic N) is 2. The third-order valence-corrected chi connectivity index (χ3v) is 5.00. The number of hydrogen-bond acceptors (Lipinski definition) is 3. The van der Waals surface area contributed by atoms with E-state index in [9.17, 15) is 9.59 Å². The van der Waals surface area contributed by atoms with Crippen LogP contribution in [0.4, 0.5) is 0 Å². The molecule has 5 heteroatoms. The summed E-state index contributed by atoms with van der Waals surface area (Å²) < 4.78 is 0. The predicted octanol–water partition coefficient (Wildman–Crippen LogP) is 0.832. The minimum atomic E-state index is -0.414. The quantitative estimate of drug-likeness (QED) is 0.812. The number of nitrogens with two attached hydrogens (primary N) is 1. The molecule has 2 aliphatic rings. The minimum absolute atomic E-state index is 0.170. The summed E-state index contributed by atoms with van der Waals surface area (Å²) in [7, 11) is 0. The highest BCUT2D eigenvalue weighted by atomic mass is 16.2. The summed E-state index contributed by atoms with van der Waals surface area (Å²) in [6, 6.07) is 0. The molecule has 0 bridgehead atoms. The highest BCUT2D eigenvalue weighted by Crippen LogP contribution is 2.32. The molecule has 1 heterocycles. The third-order valence-electron chi connectivity index (χ3n) is 5.00. The van der Waals surface area contributed by atoms with Crippen LogP contribution in [0.2, 0.25) is 0 Å². The van der Waals surface area contributed by atoms with Gasteiger partial charge in [0.05, 0.1) is 5.41 Å². The Hall–Kier alpha value is -1.10. The van der Waals surface area contributed by atoms with Gasteiger partial charge in [0.15, 0.2) is 0 Å². The molecule has 1 aliphatic carbocycles. The fourth-order valence-corrected chi connectivity index (χ4v) is 2.98. The van der Waals surface area contributed by atoms with Crippen LogP contribution < -0.4 is 5.73 Å². The van der Waals surface area contributed by atoms with Gasteiger partial charge in [-0.1, -0.05) is 13.8 Å². The van der Waals surface area contributed by atoms with Gasteiger partial charge in [0.25, 0.3) is 0 Å². The molecule has 0 atom stereocenters. The van der Waals surface area contributed by atoms with Gasteiger partial charge in [0.2, 0.25) is 11.8 Å². The van der Waals surface area contributed by atoms with Crippen LogP contribution in [-0.4, -0.2) is 54.3 Å². The maximum Gasteiger partial charge on any atom is 0.230 e. The molecule has 0 unspecified atom stereocenters. The normalized spacial score (nSPS) is 20.1. The average Bonchev–Trinajstić information content (AvgIpc) is 3.33. The lowest BCUT2D eigenvalue weighted by Crippen LogP contribution is -2.55. The van der Waals surface area contributed by atoms with Crippen LogP contribution in [0.1, 0.15) is 39.5 Å². The molecule has 2 N–H and O–H groups in total. The second kappa shape index (κ2) is 6.12. The van der Waals surface area contributed by atoms with E-state index in [-0.39, 0.29) is 17.7 Å². The summed E-state index contributed by atoms with van der Waals surface area (Å²) in [5, 5.41) is 0. The Bertz CT molecular complexity index is 359. The van der Waals surface area contributed by atoms with Crippen LogP contribution in [0.5, 0.6) is 0 Å². The molecule has 0 radical (unpaired) electrons. The van der Waals surface area contributed by atoms with Crippen molar-refractivity contribution in [1.82, 2.24) is 9.80 Å². The van der Waals surface area contributed by atoms with Gasteiger partial charge in [-0.15, -0.1) is 0 Å². The first-order valence-electron chi connectivity index (χ1n) is 7.86. The number of piperazine rings is 1. The molecular weight excluding hydrogens is 254 g/mol. The lowest BCUT2D eigenvalue weighted by molar-refractivity contribution is -0.147. The van der Waals surface area contributed by atoms with Crippen LogP contribution >= 0.6 is 0 Å². The molecule has 5 nitrogen and oxygen atoms in total. The summed E-state index contributed by atoms with van der Waals surface area (Å²) in [5.74, 6) is 0.725. The molecule has 0 aromatic rings. The van der Waals surface area contributed by atoms with E-state index in [2.05, 4.69) is 0 Å². The number of carbonyl (C=O) groups excluding carboxylic acids is 2. The third kappa shape index (κ3) is 2.82. The van der Waals surface area contributed by atoms with Crippen LogP contribution in [0.15, 0.2) is 0 Å². The van der Waals surface area contributed by atoms with Crippen LogP contribution in [0.3, 0.4) is 0 Å². The Balaban J connectivity index is 1.92. The molecule has 114 valence electrons. The van der Waals surface area contributed by atoms with E-state index in [4.69, 9.17) is 5.73 Å². The molecular formula is C15H27N3O2. The number of amides is 2. The Morgan fingerprint density at radius 2 is 1.55 bits per heavy atom. The number of hydrogen-bond donors (Lipinski definition) is 1. The molecule has 0 aromatic carbocycles. The Morgan fingerprint density at radius 3 is 1.95 bits per heavy atom. The summed E-state index contributed by atoms with van der Waals surface area (Å²) in [6.45, 7) is 7.12. The predicted molar refractivity (Wildman–Crippen MR) is 78.0 cm³/mol. The topological polar surface area (TPSA) is 66.6 Å². The first kappa shape index (κ1) is 15.3. The molecule has 1 saturated heterocycles. The molecule has 1 saturated carbocycles. The second-order valence-corrected chi connectivity index (χ2v) is 6.08. The van der Waals surface area contributed by atoms with Crippen LogP contribution in [0, 0.1) is 11.3 Å². The van der Waals surface area contributed by atoms with Crippen molar-refractivity contribution in [3.05, 3.63) is 0 Å². The van der Waals surface area contributed by atoms with Gasteiger partial charge in [-0.25, -0.2) is 0 Å². The molecule has 1 aliphatic heterocycles. The first-order valence-corrected chi connectivity index (χ1v) is 7.86. The van der Waals surface area contributed by atoms with Crippen molar-refractivity contribution in [3.63, 3.8) is 0 Å². The van der Waals surface area contributed by atoms with Crippen molar-refractivity contribution in [2.24, 2.45) is 17.1 Å². The highest BCUT2D eigenvalue weighted by Gasteiger charge is 2.39. The van der Waals surface area contributed by atoms with Gasteiger partial charge in [-0.3, -0.25) is 9.59 Å². The second-order valence-electron chi connectivity index (χ2n) is 6.08. The molecule has 0 spiro atoms. The Morgan fingerprint density at radius 1 is 1.05 bits per heavy atom. The zero-order valence-electron chi connectivity index (χ0n) is 12.7. The van der Waals surface area contributed by atoms with Gasteiger partial charge in [0, 0.05) is 38.6 Å². The maximum atomic E-state index is 12.7. The molecule has 0 aromatic heterocycles. The van der Waals surface area contributed by atoms with Crippen molar-refractivity contribution >= 4 is 11.8 Å². The van der Waals surface area contributed by atoms with Gasteiger partial charge in [-0.05, 0) is 25.7 Å². The van der Waals surface area contributed by atoms with E-state index in [0.717, 1.165) is 25.7 Å². The van der Waals surface area contributed by atoms with Crippen LogP contribution in [0.25, 0.3) is 0 Å². The molecule has 2 amide bonds. The standard InChI is InChI=1S/C15H27N3O2/c1-3-15(4-2,11-16)14(20)18-9-7-17(8-10-18)13(19)12-5-6-12/h12H,3-11,16H2,1-2H3. The Labute approximate surface area is 121 Å². The number of rotatable bonds is 5. The SMILES string of the molecule is CCC(CC)(CN)C(=O)N1CCN(C(=O)C2CC2)CC1. The fraction of sp³-hybridized carbons (Fsp3) is 0.867. The van der Waals surface area contributed by atoms with E-state index < -0.39 is 5.41 Å². The van der Waals surface area contributed by atoms with Crippen molar-refractivity contribution < 1.29 is 9.59 Å². The fourth-order valence-electron chi connectivity index (χ4n) is 2.98.